The van der Waals surface area contributed by atoms with Gasteiger partial charge in [0.2, 0.25) is 0 Å². The summed E-state index contributed by atoms with van der Waals surface area (Å²) >= 11 is 0. The third-order valence-electron chi connectivity index (χ3n) is 6.81. The average Bonchev–Trinajstić information content (AvgIpc) is 3.63. The Labute approximate surface area is 199 Å². The largest absolute Gasteiger partial charge is 0.198 e. The number of benzene rings is 3. The zero-order valence-electron chi connectivity index (χ0n) is 19.8. The number of hydrogen-bond acceptors (Lipinski definition) is 1. The average molecular weight is 434 g/mol. The van der Waals surface area contributed by atoms with E-state index in [9.17, 15) is 0 Å². The van der Waals surface area contributed by atoms with Gasteiger partial charge >= 0.3 is 0 Å². The topological polar surface area (TPSA) is 23.8 Å². The summed E-state index contributed by atoms with van der Waals surface area (Å²) in [6.45, 7) is 2.19. The van der Waals surface area contributed by atoms with Crippen LogP contribution in [-0.4, -0.2) is 0 Å². The van der Waals surface area contributed by atoms with Crippen LogP contribution in [0.25, 0.3) is 12.2 Å². The molecule has 0 N–H and O–H groups in total. The van der Waals surface area contributed by atoms with Gasteiger partial charge in [0, 0.05) is 6.42 Å². The van der Waals surface area contributed by atoms with E-state index in [0.717, 1.165) is 50.4 Å². The van der Waals surface area contributed by atoms with Crippen LogP contribution in [0.4, 0.5) is 0 Å². The first kappa shape index (κ1) is 23.1. The molecule has 33 heavy (non-hydrogen) atoms. The molecular formula is C32H35N. The fraction of sp³-hybridized carbons (Fsp3) is 0.344. The van der Waals surface area contributed by atoms with Gasteiger partial charge in [0.25, 0.3) is 0 Å². The van der Waals surface area contributed by atoms with E-state index in [0.29, 0.717) is 6.42 Å². The number of hydrogen-bond donors (Lipinski definition) is 0. The predicted octanol–water partition coefficient (Wildman–Crippen LogP) is 6.17. The second-order valence-corrected chi connectivity index (χ2v) is 9.38. The molecule has 1 saturated carbocycles. The maximum atomic E-state index is 8.50. The molecule has 5 rings (SSSR count). The van der Waals surface area contributed by atoms with Crippen molar-refractivity contribution in [2.24, 2.45) is 11.8 Å². The Bertz CT molecular complexity index is 1180. The van der Waals surface area contributed by atoms with Crippen LogP contribution in [0.3, 0.4) is 0 Å². The van der Waals surface area contributed by atoms with Crippen molar-refractivity contribution < 1.29 is 0 Å². The lowest BCUT2D eigenvalue weighted by Gasteiger charge is -2.03. The highest BCUT2D eigenvalue weighted by Crippen LogP contribution is 2.41. The van der Waals surface area contributed by atoms with Gasteiger partial charge in [0.05, 0.1) is 6.07 Å². The summed E-state index contributed by atoms with van der Waals surface area (Å²) in [4.78, 5) is 0. The molecule has 0 aromatic heterocycles. The van der Waals surface area contributed by atoms with E-state index >= 15 is 0 Å². The van der Waals surface area contributed by atoms with Crippen molar-refractivity contribution in [3.8, 4) is 6.07 Å². The number of nitrogens with zero attached hydrogens (tertiary/aromatic N) is 1. The minimum Gasteiger partial charge on any atom is -0.198 e. The number of aryl methyl sites for hydroxylation is 4. The lowest BCUT2D eigenvalue weighted by molar-refractivity contribution is 0.752. The molecule has 1 heteroatoms. The van der Waals surface area contributed by atoms with Crippen LogP contribution in [0.15, 0.2) is 72.8 Å². The quantitative estimate of drug-likeness (QED) is 0.390. The van der Waals surface area contributed by atoms with Gasteiger partial charge in [-0.3, -0.25) is 0 Å². The van der Waals surface area contributed by atoms with E-state index in [1.54, 1.807) is 0 Å². The fourth-order valence-corrected chi connectivity index (χ4v) is 4.56. The van der Waals surface area contributed by atoms with Crippen molar-refractivity contribution in [3.63, 3.8) is 0 Å². The fourth-order valence-electron chi connectivity index (χ4n) is 4.56. The lowest BCUT2D eigenvalue weighted by Crippen LogP contribution is -2.27. The van der Waals surface area contributed by atoms with E-state index in [-0.39, 0.29) is 0 Å². The molecule has 3 aromatic rings. The molecule has 1 fully saturated rings. The lowest BCUT2D eigenvalue weighted by atomic mass is 10.0. The first-order valence-electron chi connectivity index (χ1n) is 12.6. The molecule has 2 unspecified atom stereocenters. The summed E-state index contributed by atoms with van der Waals surface area (Å²) in [6.07, 6.45) is 13.6. The maximum Gasteiger partial charge on any atom is 0.0621 e. The van der Waals surface area contributed by atoms with Crippen LogP contribution in [-0.2, 0) is 25.7 Å². The molecule has 0 radical (unpaired) electrons. The summed E-state index contributed by atoms with van der Waals surface area (Å²) in [7, 11) is 0. The molecule has 0 heterocycles. The highest BCUT2D eigenvalue weighted by Gasteiger charge is 2.34. The Morgan fingerprint density at radius 1 is 0.697 bits per heavy atom. The minimum atomic E-state index is 0.689. The molecule has 0 spiro atoms. The first-order chi connectivity index (χ1) is 16.2. The molecule has 3 aromatic carbocycles. The van der Waals surface area contributed by atoms with Crippen molar-refractivity contribution >= 4 is 12.2 Å². The van der Waals surface area contributed by atoms with Crippen LogP contribution < -0.4 is 10.4 Å². The van der Waals surface area contributed by atoms with E-state index < -0.39 is 0 Å². The van der Waals surface area contributed by atoms with E-state index in [2.05, 4.69) is 97.9 Å². The van der Waals surface area contributed by atoms with Gasteiger partial charge in [0.15, 0.2) is 0 Å². The van der Waals surface area contributed by atoms with Gasteiger partial charge < -0.3 is 0 Å². The molecule has 1 nitrogen and oxygen atoms in total. The molecular weight excluding hydrogens is 398 g/mol. The van der Waals surface area contributed by atoms with Crippen LogP contribution in [0.5, 0.6) is 0 Å². The summed E-state index contributed by atoms with van der Waals surface area (Å²) < 4.78 is 0. The van der Waals surface area contributed by atoms with E-state index in [1.807, 2.05) is 0 Å². The highest BCUT2D eigenvalue weighted by molar-refractivity contribution is 5.49. The molecule has 0 bridgehead atoms. The number of fused-ring (bicyclic) bond motifs is 2. The second-order valence-electron chi connectivity index (χ2n) is 9.38. The Morgan fingerprint density at radius 3 is 2.03 bits per heavy atom. The van der Waals surface area contributed by atoms with Crippen LogP contribution in [0.2, 0.25) is 0 Å². The standard InChI is InChI=1S/C16H17N.C16H18/c17-7-3-1-2-4-12-5-6-13-9-15-11-16(15)10-14(13)8-12;1-2-14-8-10-16(11-9-14)13-12-15-6-4-3-5-7-15/h5-6,8-10,15-16H,1-4,11H2;3-11H,2,12-13H2,1H3. The van der Waals surface area contributed by atoms with Crippen molar-refractivity contribution in [1.82, 2.24) is 0 Å². The number of rotatable bonds is 8. The normalized spacial score (nSPS) is 17.2. The maximum absolute atomic E-state index is 8.50. The Morgan fingerprint density at radius 2 is 1.33 bits per heavy atom. The van der Waals surface area contributed by atoms with E-state index in [4.69, 9.17) is 5.26 Å². The third kappa shape index (κ3) is 6.93. The minimum absolute atomic E-state index is 0.689. The van der Waals surface area contributed by atoms with Gasteiger partial charge in [0.1, 0.15) is 0 Å². The first-order valence-corrected chi connectivity index (χ1v) is 12.6. The summed E-state index contributed by atoms with van der Waals surface area (Å²) in [5.41, 5.74) is 5.69. The van der Waals surface area contributed by atoms with Crippen molar-refractivity contribution in [2.75, 3.05) is 0 Å². The SMILES string of the molecule is CCc1ccc(CCc2ccccc2)cc1.N#CCCCCc1ccc2c(c1)=CC1CC1C=2. The third-order valence-corrected chi connectivity index (χ3v) is 6.81. The molecule has 0 saturated heterocycles. The second kappa shape index (κ2) is 11.7. The zero-order valence-corrected chi connectivity index (χ0v) is 19.8. The summed E-state index contributed by atoms with van der Waals surface area (Å²) in [6, 6.07) is 28.7. The van der Waals surface area contributed by atoms with Gasteiger partial charge in [-0.2, -0.15) is 5.26 Å². The van der Waals surface area contributed by atoms with Gasteiger partial charge in [-0.05, 0) is 89.5 Å². The number of nitriles is 1. The molecule has 2 aliphatic carbocycles. The van der Waals surface area contributed by atoms with E-state index in [1.165, 1.54) is 39.1 Å². The molecule has 2 atom stereocenters. The Kier molecular flexibility index (Phi) is 8.15. The van der Waals surface area contributed by atoms with Crippen molar-refractivity contribution in [2.45, 2.75) is 58.3 Å². The van der Waals surface area contributed by atoms with Crippen LogP contribution in [0.1, 0.15) is 54.9 Å². The Hall–Kier alpha value is -3.11. The monoisotopic (exact) mass is 433 g/mol. The summed E-state index contributed by atoms with van der Waals surface area (Å²) in [5, 5.41) is 11.3. The molecule has 2 aliphatic rings. The predicted molar refractivity (Wildman–Crippen MR) is 139 cm³/mol. The van der Waals surface area contributed by atoms with Crippen molar-refractivity contribution in [1.29, 1.82) is 5.26 Å². The molecule has 0 aliphatic heterocycles. The highest BCUT2D eigenvalue weighted by atomic mass is 14.4. The summed E-state index contributed by atoms with van der Waals surface area (Å²) in [5.74, 6) is 1.67. The molecule has 168 valence electrons. The smallest absolute Gasteiger partial charge is 0.0621 e. The van der Waals surface area contributed by atoms with Gasteiger partial charge in [-0.15, -0.1) is 0 Å². The molecule has 0 amide bonds. The Balaban J connectivity index is 0.000000157. The number of unbranched alkanes of at least 4 members (excludes halogenated alkanes) is 2. The van der Waals surface area contributed by atoms with Crippen LogP contribution in [0, 0.1) is 23.2 Å². The zero-order chi connectivity index (χ0) is 22.9. The van der Waals surface area contributed by atoms with Crippen LogP contribution >= 0.6 is 0 Å². The van der Waals surface area contributed by atoms with Gasteiger partial charge in [-0.25, -0.2) is 0 Å². The van der Waals surface area contributed by atoms with Gasteiger partial charge in [-0.1, -0.05) is 91.9 Å². The van der Waals surface area contributed by atoms with Crippen molar-refractivity contribution in [3.05, 3.63) is 105 Å².